The fraction of sp³-hybridized carbons (Fsp3) is 0.417. The van der Waals surface area contributed by atoms with Crippen LogP contribution in [-0.4, -0.2) is 11.6 Å². The summed E-state index contributed by atoms with van der Waals surface area (Å²) in [5.41, 5.74) is 7.39. The van der Waals surface area contributed by atoms with Crippen LogP contribution in [0.2, 0.25) is 0 Å². The van der Waals surface area contributed by atoms with Crippen molar-refractivity contribution >= 4 is 11.6 Å². The summed E-state index contributed by atoms with van der Waals surface area (Å²) >= 11 is 0. The van der Waals surface area contributed by atoms with Crippen LogP contribution in [0.4, 0.5) is 0 Å². The van der Waals surface area contributed by atoms with Crippen LogP contribution in [-0.2, 0) is 4.79 Å². The number of nitrogens with one attached hydrogen (secondary N) is 1. The van der Waals surface area contributed by atoms with Crippen molar-refractivity contribution in [2.45, 2.75) is 57.3 Å². The highest BCUT2D eigenvalue weighted by atomic mass is 16.2. The maximum atomic E-state index is 12.4. The monoisotopic (exact) mass is 360 g/mol. The molecule has 2 aromatic rings. The zero-order valence-electron chi connectivity index (χ0n) is 16.0. The minimum Gasteiger partial charge on any atom is -0.273 e. The molecule has 1 N–H and O–H groups in total. The van der Waals surface area contributed by atoms with E-state index in [9.17, 15) is 4.79 Å². The Bertz CT molecular complexity index is 804. The summed E-state index contributed by atoms with van der Waals surface area (Å²) in [6.45, 7) is 1.96. The van der Waals surface area contributed by atoms with E-state index < -0.39 is 0 Å². The van der Waals surface area contributed by atoms with Gasteiger partial charge in [0.2, 0.25) is 5.91 Å². The first-order chi connectivity index (χ1) is 13.2. The second-order valence-electron chi connectivity index (χ2n) is 7.99. The lowest BCUT2D eigenvalue weighted by atomic mass is 9.84. The van der Waals surface area contributed by atoms with Crippen LogP contribution in [0.15, 0.2) is 59.7 Å². The molecule has 27 heavy (non-hydrogen) atoms. The van der Waals surface area contributed by atoms with Gasteiger partial charge >= 0.3 is 0 Å². The number of hydrazone groups is 1. The number of amides is 1. The van der Waals surface area contributed by atoms with Crippen molar-refractivity contribution in [1.82, 2.24) is 5.43 Å². The van der Waals surface area contributed by atoms with E-state index in [-0.39, 0.29) is 11.8 Å². The first-order valence-electron chi connectivity index (χ1n) is 10.2. The zero-order valence-corrected chi connectivity index (χ0v) is 16.0. The van der Waals surface area contributed by atoms with Gasteiger partial charge in [-0.25, -0.2) is 5.43 Å². The minimum absolute atomic E-state index is 0.0297. The second kappa shape index (κ2) is 8.08. The van der Waals surface area contributed by atoms with Crippen molar-refractivity contribution in [3.05, 3.63) is 71.3 Å². The van der Waals surface area contributed by atoms with Gasteiger partial charge < -0.3 is 0 Å². The molecule has 0 aromatic heterocycles. The molecule has 0 radical (unpaired) electrons. The van der Waals surface area contributed by atoms with E-state index in [1.165, 1.54) is 43.2 Å². The Morgan fingerprint density at radius 2 is 1.63 bits per heavy atom. The summed E-state index contributed by atoms with van der Waals surface area (Å²) < 4.78 is 0. The molecule has 2 aromatic carbocycles. The van der Waals surface area contributed by atoms with Gasteiger partial charge in [-0.2, -0.15) is 5.10 Å². The molecule has 0 unspecified atom stereocenters. The van der Waals surface area contributed by atoms with E-state index in [0.717, 1.165) is 23.6 Å². The van der Waals surface area contributed by atoms with Crippen molar-refractivity contribution in [1.29, 1.82) is 0 Å². The van der Waals surface area contributed by atoms with E-state index >= 15 is 0 Å². The lowest BCUT2D eigenvalue weighted by Gasteiger charge is -2.22. The average Bonchev–Trinajstić information content (AvgIpc) is 3.54. The molecule has 2 saturated carbocycles. The van der Waals surface area contributed by atoms with Gasteiger partial charge in [0.05, 0.1) is 5.71 Å². The zero-order chi connectivity index (χ0) is 18.6. The average molecular weight is 361 g/mol. The summed E-state index contributed by atoms with van der Waals surface area (Å²) in [5.74, 6) is 1.14. The van der Waals surface area contributed by atoms with Crippen LogP contribution in [0.3, 0.4) is 0 Å². The third kappa shape index (κ3) is 4.29. The van der Waals surface area contributed by atoms with Gasteiger partial charge in [0.25, 0.3) is 0 Å². The van der Waals surface area contributed by atoms with Crippen LogP contribution in [0.1, 0.15) is 74.0 Å². The molecule has 1 amide bonds. The molecule has 3 nitrogen and oxygen atoms in total. The van der Waals surface area contributed by atoms with Gasteiger partial charge in [-0.3, -0.25) is 4.79 Å². The topological polar surface area (TPSA) is 41.5 Å². The molecule has 0 bridgehead atoms. The number of carbonyl (C=O) groups excluding carboxylic acids is 1. The summed E-state index contributed by atoms with van der Waals surface area (Å²) in [5, 5.41) is 4.34. The van der Waals surface area contributed by atoms with E-state index in [4.69, 9.17) is 0 Å². The van der Waals surface area contributed by atoms with Crippen molar-refractivity contribution in [2.75, 3.05) is 0 Å². The Hall–Kier alpha value is -2.42. The van der Waals surface area contributed by atoms with Gasteiger partial charge in [0.1, 0.15) is 0 Å². The third-order valence-electron chi connectivity index (χ3n) is 6.09. The maximum Gasteiger partial charge on any atom is 0.243 e. The van der Waals surface area contributed by atoms with E-state index in [1.807, 2.05) is 25.1 Å². The van der Waals surface area contributed by atoms with E-state index in [2.05, 4.69) is 46.9 Å². The second-order valence-corrected chi connectivity index (χ2v) is 7.99. The molecule has 4 rings (SSSR count). The molecular formula is C24H28N2O. The van der Waals surface area contributed by atoms with E-state index in [0.29, 0.717) is 5.92 Å². The highest BCUT2D eigenvalue weighted by Gasteiger charge is 2.43. The molecule has 140 valence electrons. The number of benzene rings is 2. The quantitative estimate of drug-likeness (QED) is 0.564. The molecule has 0 saturated heterocycles. The number of hydrogen-bond donors (Lipinski definition) is 1. The Balaban J connectivity index is 1.33. The third-order valence-corrected chi connectivity index (χ3v) is 6.09. The normalized spacial score (nSPS) is 23.1. The van der Waals surface area contributed by atoms with Crippen LogP contribution < -0.4 is 5.43 Å². The molecule has 2 atom stereocenters. The van der Waals surface area contributed by atoms with Crippen molar-refractivity contribution in [3.8, 4) is 0 Å². The Morgan fingerprint density at radius 3 is 2.33 bits per heavy atom. The first-order valence-corrected chi connectivity index (χ1v) is 10.2. The molecule has 0 heterocycles. The van der Waals surface area contributed by atoms with Crippen LogP contribution >= 0.6 is 0 Å². The Labute approximate surface area is 161 Å². The minimum atomic E-state index is 0.0297. The number of nitrogens with zero attached hydrogens (tertiary/aromatic N) is 1. The first kappa shape index (κ1) is 18.0. The van der Waals surface area contributed by atoms with Crippen LogP contribution in [0.25, 0.3) is 0 Å². The molecular weight excluding hydrogens is 332 g/mol. The predicted molar refractivity (Wildman–Crippen MR) is 110 cm³/mol. The van der Waals surface area contributed by atoms with E-state index in [1.54, 1.807) is 0 Å². The fourth-order valence-corrected chi connectivity index (χ4v) is 4.27. The Kier molecular flexibility index (Phi) is 5.38. The highest BCUT2D eigenvalue weighted by Crippen LogP contribution is 2.47. The van der Waals surface area contributed by atoms with Crippen molar-refractivity contribution in [3.63, 3.8) is 0 Å². The summed E-state index contributed by atoms with van der Waals surface area (Å²) in [7, 11) is 0. The number of rotatable bonds is 5. The van der Waals surface area contributed by atoms with Crippen molar-refractivity contribution < 1.29 is 4.79 Å². The van der Waals surface area contributed by atoms with Gasteiger partial charge in [0, 0.05) is 5.92 Å². The van der Waals surface area contributed by atoms with Gasteiger partial charge in [-0.1, -0.05) is 73.9 Å². The van der Waals surface area contributed by atoms with Crippen LogP contribution in [0.5, 0.6) is 0 Å². The Morgan fingerprint density at radius 1 is 0.926 bits per heavy atom. The predicted octanol–water partition coefficient (Wildman–Crippen LogP) is 5.38. The fourth-order valence-electron chi connectivity index (χ4n) is 4.27. The highest BCUT2D eigenvalue weighted by molar-refractivity contribution is 5.99. The molecule has 0 aliphatic heterocycles. The van der Waals surface area contributed by atoms with Gasteiger partial charge in [0.15, 0.2) is 0 Å². The molecule has 2 fully saturated rings. The summed E-state index contributed by atoms with van der Waals surface area (Å²) in [6, 6.07) is 19.0. The molecule has 2 aliphatic rings. The lowest BCUT2D eigenvalue weighted by Crippen LogP contribution is -2.21. The summed E-state index contributed by atoms with van der Waals surface area (Å²) in [6.07, 6.45) is 7.62. The maximum absolute atomic E-state index is 12.4. The van der Waals surface area contributed by atoms with Gasteiger partial charge in [-0.05, 0) is 54.7 Å². The molecule has 3 heteroatoms. The SMILES string of the molecule is CC(=NNC(=O)[C@H]1C[C@H]1c1ccccc1)c1ccc(C2CCCCC2)cc1. The lowest BCUT2D eigenvalue weighted by molar-refractivity contribution is -0.122. The largest absolute Gasteiger partial charge is 0.273 e. The van der Waals surface area contributed by atoms with Gasteiger partial charge in [-0.15, -0.1) is 0 Å². The number of hydrogen-bond acceptors (Lipinski definition) is 2. The summed E-state index contributed by atoms with van der Waals surface area (Å²) in [4.78, 5) is 12.4. The molecule has 2 aliphatic carbocycles. The molecule has 0 spiro atoms. The van der Waals surface area contributed by atoms with Crippen molar-refractivity contribution in [2.24, 2.45) is 11.0 Å². The standard InChI is InChI=1S/C24H28N2O/c1-17(18-12-14-20(15-13-18)19-8-4-2-5-9-19)25-26-24(27)23-16-22(23)21-10-6-3-7-11-21/h3,6-7,10-15,19,22-23H,2,4-5,8-9,16H2,1H3,(H,26,27)/t22-,23-/m0/s1. The van der Waals surface area contributed by atoms with Crippen LogP contribution in [0, 0.1) is 5.92 Å². The smallest absolute Gasteiger partial charge is 0.243 e. The number of carbonyl (C=O) groups is 1.